The first-order valence-corrected chi connectivity index (χ1v) is 8.87. The lowest BCUT2D eigenvalue weighted by molar-refractivity contribution is 0.00893. The number of benzene rings is 1. The lowest BCUT2D eigenvalue weighted by atomic mass is 9.98. The van der Waals surface area contributed by atoms with Gasteiger partial charge in [-0.1, -0.05) is 12.1 Å². The Morgan fingerprint density at radius 3 is 2.89 bits per heavy atom. The topological polar surface area (TPSA) is 114 Å². The summed E-state index contributed by atoms with van der Waals surface area (Å²) in [5.41, 5.74) is 16.1. The molecule has 1 unspecified atom stereocenters. The van der Waals surface area contributed by atoms with E-state index in [-0.39, 0.29) is 17.8 Å². The van der Waals surface area contributed by atoms with Gasteiger partial charge in [-0.05, 0) is 24.6 Å². The fourth-order valence-corrected chi connectivity index (χ4v) is 3.28. The molecule has 4 N–H and O–H groups in total. The van der Waals surface area contributed by atoms with Crippen LogP contribution in [0.2, 0.25) is 0 Å². The number of hydrogen-bond donors (Lipinski definition) is 3. The minimum atomic E-state index is -0.380. The number of halogens is 1. The number of nitrogens with one attached hydrogen (secondary N) is 2. The van der Waals surface area contributed by atoms with Crippen LogP contribution in [-0.4, -0.2) is 27.7 Å². The summed E-state index contributed by atoms with van der Waals surface area (Å²) in [5.74, 6) is 0.270. The molecule has 8 nitrogen and oxygen atoms in total. The van der Waals surface area contributed by atoms with Crippen LogP contribution in [0.5, 0.6) is 0 Å². The standard InChI is InChI=1S/C19H20FN7O/c1-11(16(26-22)6-23-15-5-3-2-4-14(15)20)27-7-13(12-8-28-9-12)17-18(21)24-10-25-19(17)27/h2-7,10-12,22-23H,8-9H2,1H3,(H2,21,24,25)/b16-6-,26-22?. The molecule has 1 aliphatic heterocycles. The van der Waals surface area contributed by atoms with Crippen molar-refractivity contribution in [2.75, 3.05) is 24.3 Å². The maximum absolute atomic E-state index is 13.8. The number of hydrogen-bond acceptors (Lipinski definition) is 7. The van der Waals surface area contributed by atoms with E-state index in [0.717, 1.165) is 10.9 Å². The summed E-state index contributed by atoms with van der Waals surface area (Å²) in [5, 5.41) is 7.32. The Hall–Kier alpha value is -3.33. The molecular weight excluding hydrogens is 361 g/mol. The second-order valence-corrected chi connectivity index (χ2v) is 6.66. The molecule has 144 valence electrons. The number of aromatic nitrogens is 3. The van der Waals surface area contributed by atoms with Crippen LogP contribution in [0.25, 0.3) is 11.0 Å². The zero-order chi connectivity index (χ0) is 19.7. The van der Waals surface area contributed by atoms with Gasteiger partial charge in [0.05, 0.1) is 30.3 Å². The van der Waals surface area contributed by atoms with Gasteiger partial charge in [-0.15, -0.1) is 0 Å². The Bertz CT molecular complexity index is 1060. The van der Waals surface area contributed by atoms with E-state index in [9.17, 15) is 4.39 Å². The van der Waals surface area contributed by atoms with Crippen LogP contribution in [0.15, 0.2) is 53.8 Å². The molecule has 0 spiro atoms. The highest BCUT2D eigenvalue weighted by atomic mass is 19.1. The third-order valence-electron chi connectivity index (χ3n) is 4.97. The van der Waals surface area contributed by atoms with Crippen molar-refractivity contribution in [3.05, 3.63) is 60.1 Å². The quantitative estimate of drug-likeness (QED) is 0.562. The van der Waals surface area contributed by atoms with Gasteiger partial charge in [0.15, 0.2) is 0 Å². The summed E-state index contributed by atoms with van der Waals surface area (Å²) in [6.07, 6.45) is 4.91. The third kappa shape index (κ3) is 3.09. The molecule has 0 radical (unpaired) electrons. The van der Waals surface area contributed by atoms with Gasteiger partial charge in [-0.3, -0.25) is 0 Å². The first-order chi connectivity index (χ1) is 13.6. The fourth-order valence-electron chi connectivity index (χ4n) is 3.28. The summed E-state index contributed by atoms with van der Waals surface area (Å²) in [6, 6.07) is 5.99. The van der Waals surface area contributed by atoms with Crippen LogP contribution in [-0.2, 0) is 4.74 Å². The molecule has 1 atom stereocenters. The molecule has 4 rings (SSSR count). The average molecular weight is 381 g/mol. The Morgan fingerprint density at radius 2 is 2.21 bits per heavy atom. The Kier molecular flexibility index (Phi) is 4.74. The molecule has 0 aliphatic carbocycles. The van der Waals surface area contributed by atoms with E-state index >= 15 is 0 Å². The molecule has 0 saturated carbocycles. The van der Waals surface area contributed by atoms with Crippen molar-refractivity contribution in [1.29, 1.82) is 5.53 Å². The highest BCUT2D eigenvalue weighted by molar-refractivity contribution is 5.90. The van der Waals surface area contributed by atoms with E-state index in [2.05, 4.69) is 20.4 Å². The summed E-state index contributed by atoms with van der Waals surface area (Å²) in [4.78, 5) is 8.51. The summed E-state index contributed by atoms with van der Waals surface area (Å²) in [6.45, 7) is 3.15. The van der Waals surface area contributed by atoms with Crippen molar-refractivity contribution in [1.82, 2.24) is 14.5 Å². The first-order valence-electron chi connectivity index (χ1n) is 8.87. The number of fused-ring (bicyclic) bond motifs is 1. The van der Waals surface area contributed by atoms with Crippen LogP contribution in [0.1, 0.15) is 24.4 Å². The maximum atomic E-state index is 13.8. The van der Waals surface area contributed by atoms with E-state index in [0.29, 0.717) is 36.1 Å². The number of nitrogens with two attached hydrogens (primary N) is 1. The van der Waals surface area contributed by atoms with Crippen molar-refractivity contribution < 1.29 is 9.13 Å². The number of ether oxygens (including phenoxy) is 1. The minimum Gasteiger partial charge on any atom is -0.383 e. The Balaban J connectivity index is 1.72. The Morgan fingerprint density at radius 1 is 1.43 bits per heavy atom. The van der Waals surface area contributed by atoms with E-state index in [4.69, 9.17) is 16.0 Å². The molecule has 28 heavy (non-hydrogen) atoms. The van der Waals surface area contributed by atoms with Gasteiger partial charge in [0.2, 0.25) is 0 Å². The van der Waals surface area contributed by atoms with Gasteiger partial charge in [0.25, 0.3) is 0 Å². The second kappa shape index (κ2) is 7.35. The molecule has 2 aromatic heterocycles. The number of rotatable bonds is 6. The zero-order valence-corrected chi connectivity index (χ0v) is 15.3. The minimum absolute atomic E-state index is 0.237. The van der Waals surface area contributed by atoms with Crippen LogP contribution in [0, 0.1) is 11.3 Å². The zero-order valence-electron chi connectivity index (χ0n) is 15.3. The monoisotopic (exact) mass is 381 g/mol. The van der Waals surface area contributed by atoms with Crippen LogP contribution >= 0.6 is 0 Å². The SMILES string of the molecule is CC(/C(=C/Nc1ccccc1F)N=N)n1cc(C2COC2)c2c(N)ncnc21. The van der Waals surface area contributed by atoms with Crippen molar-refractivity contribution in [2.24, 2.45) is 5.11 Å². The van der Waals surface area contributed by atoms with Gasteiger partial charge < -0.3 is 20.4 Å². The number of nitrogens with zero attached hydrogens (tertiary/aromatic N) is 4. The predicted octanol–water partition coefficient (Wildman–Crippen LogP) is 3.81. The molecule has 1 saturated heterocycles. The van der Waals surface area contributed by atoms with Crippen molar-refractivity contribution in [3.8, 4) is 0 Å². The molecule has 3 heterocycles. The normalized spacial score (nSPS) is 16.0. The van der Waals surface area contributed by atoms with Crippen molar-refractivity contribution in [2.45, 2.75) is 18.9 Å². The lowest BCUT2D eigenvalue weighted by Gasteiger charge is -2.25. The highest BCUT2D eigenvalue weighted by Gasteiger charge is 2.28. The molecule has 0 bridgehead atoms. The Labute approximate surface area is 160 Å². The highest BCUT2D eigenvalue weighted by Crippen LogP contribution is 2.36. The number of allylic oxidation sites excluding steroid dienone is 1. The average Bonchev–Trinajstić information content (AvgIpc) is 3.02. The second-order valence-electron chi connectivity index (χ2n) is 6.66. The molecule has 0 amide bonds. The molecule has 1 aliphatic rings. The first kappa shape index (κ1) is 18.1. The number of anilines is 2. The number of nitrogen functional groups attached to an aromatic ring is 1. The largest absolute Gasteiger partial charge is 0.383 e. The molecule has 1 fully saturated rings. The van der Waals surface area contributed by atoms with Gasteiger partial charge in [0, 0.05) is 18.3 Å². The lowest BCUT2D eigenvalue weighted by Crippen LogP contribution is -2.25. The third-order valence-corrected chi connectivity index (χ3v) is 4.97. The number of para-hydroxylation sites is 1. The van der Waals surface area contributed by atoms with Gasteiger partial charge in [-0.25, -0.2) is 19.9 Å². The van der Waals surface area contributed by atoms with E-state index in [1.165, 1.54) is 18.6 Å². The van der Waals surface area contributed by atoms with Gasteiger partial charge in [0.1, 0.15) is 29.3 Å². The van der Waals surface area contributed by atoms with Crippen LogP contribution < -0.4 is 11.1 Å². The van der Waals surface area contributed by atoms with Crippen LogP contribution in [0.3, 0.4) is 0 Å². The van der Waals surface area contributed by atoms with Crippen molar-refractivity contribution >= 4 is 22.5 Å². The van der Waals surface area contributed by atoms with Gasteiger partial charge >= 0.3 is 0 Å². The summed E-state index contributed by atoms with van der Waals surface area (Å²) in [7, 11) is 0. The molecular formula is C19H20FN7O. The summed E-state index contributed by atoms with van der Waals surface area (Å²) < 4.78 is 21.1. The van der Waals surface area contributed by atoms with Gasteiger partial charge in [-0.2, -0.15) is 5.11 Å². The van der Waals surface area contributed by atoms with Crippen molar-refractivity contribution in [3.63, 3.8) is 0 Å². The summed E-state index contributed by atoms with van der Waals surface area (Å²) >= 11 is 0. The smallest absolute Gasteiger partial charge is 0.146 e. The predicted molar refractivity (Wildman–Crippen MR) is 103 cm³/mol. The fraction of sp³-hybridized carbons (Fsp3) is 0.263. The molecule has 1 aromatic carbocycles. The van der Waals surface area contributed by atoms with E-state index in [1.54, 1.807) is 18.2 Å². The van der Waals surface area contributed by atoms with E-state index in [1.807, 2.05) is 17.7 Å². The van der Waals surface area contributed by atoms with E-state index < -0.39 is 0 Å². The van der Waals surface area contributed by atoms with Crippen LogP contribution in [0.4, 0.5) is 15.9 Å². The molecule has 9 heteroatoms. The maximum Gasteiger partial charge on any atom is 0.146 e. The molecule has 3 aromatic rings.